The minimum Gasteiger partial charge on any atom is -0.325 e. The number of thiazole rings is 1. The number of hydrogen-bond acceptors (Lipinski definition) is 6. The summed E-state index contributed by atoms with van der Waals surface area (Å²) < 4.78 is 28.7. The van der Waals surface area contributed by atoms with Gasteiger partial charge in [-0.2, -0.15) is 0 Å². The number of aromatic nitrogens is 3. The summed E-state index contributed by atoms with van der Waals surface area (Å²) in [4.78, 5) is 31.7. The number of benzene rings is 2. The molecule has 0 bridgehead atoms. The molecule has 0 saturated heterocycles. The number of hydrogen-bond donors (Lipinski definition) is 2. The SMILES string of the molecule is O=C(CSc1nc2c(sc(=S)n2-c2ccc(Cl)cc2)c(=O)[nH]1)Nc1ccc(F)c(F)c1. The Hall–Kier alpha value is -2.60. The van der Waals surface area contributed by atoms with Crippen LogP contribution >= 0.6 is 46.9 Å². The zero-order valence-corrected chi connectivity index (χ0v) is 18.5. The van der Waals surface area contributed by atoms with Crippen LogP contribution in [-0.4, -0.2) is 26.2 Å². The quantitative estimate of drug-likeness (QED) is 0.226. The fourth-order valence-electron chi connectivity index (χ4n) is 2.68. The van der Waals surface area contributed by atoms with Crippen molar-refractivity contribution in [1.82, 2.24) is 14.5 Å². The van der Waals surface area contributed by atoms with E-state index in [1.807, 2.05) is 0 Å². The Morgan fingerprint density at radius 2 is 1.97 bits per heavy atom. The van der Waals surface area contributed by atoms with E-state index in [4.69, 9.17) is 23.8 Å². The molecule has 6 nitrogen and oxygen atoms in total. The Bertz CT molecular complexity index is 1420. The first kappa shape index (κ1) is 21.6. The van der Waals surface area contributed by atoms with Gasteiger partial charge in [0.05, 0.1) is 5.75 Å². The Balaban J connectivity index is 1.58. The molecule has 12 heteroatoms. The van der Waals surface area contributed by atoms with E-state index in [0.717, 1.165) is 35.2 Å². The van der Waals surface area contributed by atoms with Crippen molar-refractivity contribution in [3.63, 3.8) is 0 Å². The van der Waals surface area contributed by atoms with Crippen molar-refractivity contribution in [3.8, 4) is 5.69 Å². The molecule has 0 aliphatic heterocycles. The van der Waals surface area contributed by atoms with Crippen molar-refractivity contribution in [2.45, 2.75) is 5.16 Å². The lowest BCUT2D eigenvalue weighted by Crippen LogP contribution is -2.16. The number of amides is 1. The van der Waals surface area contributed by atoms with Crippen LogP contribution in [0.2, 0.25) is 5.02 Å². The van der Waals surface area contributed by atoms with Gasteiger partial charge in [0.15, 0.2) is 26.4 Å². The summed E-state index contributed by atoms with van der Waals surface area (Å²) >= 11 is 13.5. The third-order valence-corrected chi connectivity index (χ3v) is 6.54. The van der Waals surface area contributed by atoms with Gasteiger partial charge in [0, 0.05) is 22.5 Å². The summed E-state index contributed by atoms with van der Waals surface area (Å²) in [5.74, 6) is -2.66. The number of anilines is 1. The van der Waals surface area contributed by atoms with Crippen molar-refractivity contribution >= 4 is 68.9 Å². The highest BCUT2D eigenvalue weighted by molar-refractivity contribution is 7.99. The zero-order valence-electron chi connectivity index (χ0n) is 15.3. The molecule has 2 heterocycles. The highest BCUT2D eigenvalue weighted by atomic mass is 35.5. The van der Waals surface area contributed by atoms with Crippen LogP contribution in [-0.2, 0) is 4.79 Å². The normalized spacial score (nSPS) is 11.1. The molecule has 158 valence electrons. The third kappa shape index (κ3) is 4.69. The summed E-state index contributed by atoms with van der Waals surface area (Å²) in [6.07, 6.45) is 0. The molecule has 0 radical (unpaired) electrons. The lowest BCUT2D eigenvalue weighted by atomic mass is 10.3. The fraction of sp³-hybridized carbons (Fsp3) is 0.0526. The lowest BCUT2D eigenvalue weighted by molar-refractivity contribution is -0.113. The average Bonchev–Trinajstić information content (AvgIpc) is 3.06. The van der Waals surface area contributed by atoms with Crippen LogP contribution in [0.25, 0.3) is 16.0 Å². The Labute approximate surface area is 191 Å². The van der Waals surface area contributed by atoms with E-state index in [-0.39, 0.29) is 22.2 Å². The molecule has 1 amide bonds. The van der Waals surface area contributed by atoms with Gasteiger partial charge in [-0.3, -0.25) is 14.2 Å². The van der Waals surface area contributed by atoms with Crippen molar-refractivity contribution in [2.75, 3.05) is 11.1 Å². The summed E-state index contributed by atoms with van der Waals surface area (Å²) in [7, 11) is 0. The minimum absolute atomic E-state index is 0.112. The second kappa shape index (κ2) is 8.87. The minimum atomic E-state index is -1.06. The van der Waals surface area contributed by atoms with E-state index in [1.165, 1.54) is 6.07 Å². The predicted octanol–water partition coefficient (Wildman–Crippen LogP) is 5.17. The Morgan fingerprint density at radius 3 is 2.68 bits per heavy atom. The summed E-state index contributed by atoms with van der Waals surface area (Å²) in [6, 6.07) is 9.98. The molecular weight excluding hydrogens is 486 g/mol. The van der Waals surface area contributed by atoms with Gasteiger partial charge >= 0.3 is 0 Å². The maximum absolute atomic E-state index is 13.3. The van der Waals surface area contributed by atoms with Crippen molar-refractivity contribution < 1.29 is 13.6 Å². The molecule has 4 rings (SSSR count). The monoisotopic (exact) mass is 496 g/mol. The molecule has 2 N–H and O–H groups in total. The second-order valence-electron chi connectivity index (χ2n) is 6.17. The molecule has 2 aromatic heterocycles. The highest BCUT2D eigenvalue weighted by Gasteiger charge is 2.15. The molecule has 0 fully saturated rings. The van der Waals surface area contributed by atoms with Gasteiger partial charge in [0.25, 0.3) is 5.56 Å². The lowest BCUT2D eigenvalue weighted by Gasteiger charge is -2.07. The molecular formula is C19H11ClF2N4O2S3. The summed E-state index contributed by atoms with van der Waals surface area (Å²) in [5, 5.41) is 3.24. The van der Waals surface area contributed by atoms with E-state index in [1.54, 1.807) is 28.8 Å². The molecule has 0 atom stereocenters. The first-order valence-corrected chi connectivity index (χ1v) is 11.2. The molecule has 4 aromatic rings. The molecule has 0 spiro atoms. The van der Waals surface area contributed by atoms with E-state index < -0.39 is 17.5 Å². The molecule has 0 aliphatic carbocycles. The van der Waals surface area contributed by atoms with Gasteiger partial charge in [0.1, 0.15) is 4.70 Å². The number of rotatable bonds is 5. The van der Waals surface area contributed by atoms with Gasteiger partial charge in [-0.1, -0.05) is 34.7 Å². The van der Waals surface area contributed by atoms with E-state index in [0.29, 0.717) is 25.0 Å². The smallest absolute Gasteiger partial charge is 0.271 e. The number of nitrogens with one attached hydrogen (secondary N) is 2. The summed E-state index contributed by atoms with van der Waals surface area (Å²) in [5.41, 5.74) is 0.809. The maximum Gasteiger partial charge on any atom is 0.271 e. The van der Waals surface area contributed by atoms with E-state index in [2.05, 4.69) is 15.3 Å². The number of fused-ring (bicyclic) bond motifs is 1. The van der Waals surface area contributed by atoms with Crippen LogP contribution < -0.4 is 10.9 Å². The van der Waals surface area contributed by atoms with Gasteiger partial charge in [-0.15, -0.1) is 0 Å². The zero-order chi connectivity index (χ0) is 22.1. The van der Waals surface area contributed by atoms with Crippen LogP contribution in [0, 0.1) is 15.6 Å². The van der Waals surface area contributed by atoms with Crippen LogP contribution in [0.1, 0.15) is 0 Å². The second-order valence-corrected chi connectivity index (χ2v) is 9.21. The number of halogens is 3. The van der Waals surface area contributed by atoms with Crippen LogP contribution in [0.5, 0.6) is 0 Å². The molecule has 0 aliphatic rings. The van der Waals surface area contributed by atoms with Gasteiger partial charge in [-0.05, 0) is 48.6 Å². The third-order valence-electron chi connectivity index (χ3n) is 4.05. The van der Waals surface area contributed by atoms with Crippen molar-refractivity contribution in [1.29, 1.82) is 0 Å². The Kier molecular flexibility index (Phi) is 6.19. The first-order valence-electron chi connectivity index (χ1n) is 8.61. The predicted molar refractivity (Wildman–Crippen MR) is 121 cm³/mol. The number of thioether (sulfide) groups is 1. The highest BCUT2D eigenvalue weighted by Crippen LogP contribution is 2.25. The molecule has 2 aromatic carbocycles. The van der Waals surface area contributed by atoms with Gasteiger partial charge in [0.2, 0.25) is 5.91 Å². The summed E-state index contributed by atoms with van der Waals surface area (Å²) in [6.45, 7) is 0. The average molecular weight is 497 g/mol. The Morgan fingerprint density at radius 1 is 1.23 bits per heavy atom. The van der Waals surface area contributed by atoms with Gasteiger partial charge < -0.3 is 10.3 Å². The van der Waals surface area contributed by atoms with Crippen LogP contribution in [0.3, 0.4) is 0 Å². The topological polar surface area (TPSA) is 79.8 Å². The van der Waals surface area contributed by atoms with Gasteiger partial charge in [-0.25, -0.2) is 13.8 Å². The standard InChI is InChI=1S/C19H11ClF2N4O2S3/c20-9-1-4-11(5-2-9)26-16-15(31-19(26)29)17(28)25-18(24-16)30-8-14(27)23-10-3-6-12(21)13(22)7-10/h1-7H,8H2,(H,23,27)(H,24,25,28). The van der Waals surface area contributed by atoms with Crippen LogP contribution in [0.15, 0.2) is 52.4 Å². The van der Waals surface area contributed by atoms with Crippen molar-refractivity contribution in [3.05, 3.63) is 73.4 Å². The number of carbonyl (C=O) groups excluding carboxylic acids is 1. The fourth-order valence-corrected chi connectivity index (χ4v) is 4.74. The molecule has 0 saturated carbocycles. The van der Waals surface area contributed by atoms with Crippen molar-refractivity contribution in [2.24, 2.45) is 0 Å². The first-order chi connectivity index (χ1) is 14.8. The van der Waals surface area contributed by atoms with E-state index in [9.17, 15) is 18.4 Å². The molecule has 31 heavy (non-hydrogen) atoms. The maximum atomic E-state index is 13.3. The number of H-pyrrole nitrogens is 1. The number of aromatic amines is 1. The number of carbonyl (C=O) groups is 1. The van der Waals surface area contributed by atoms with E-state index >= 15 is 0 Å². The van der Waals surface area contributed by atoms with Crippen LogP contribution in [0.4, 0.5) is 14.5 Å². The molecule has 0 unspecified atom stereocenters. The number of nitrogens with zero attached hydrogens (tertiary/aromatic N) is 2. The largest absolute Gasteiger partial charge is 0.325 e.